The summed E-state index contributed by atoms with van der Waals surface area (Å²) in [5, 5.41) is 3.31. The molecule has 1 rings (SSSR count). The molecule has 0 spiro atoms. The molecule has 1 aromatic heterocycles. The Labute approximate surface area is 104 Å². The lowest BCUT2D eigenvalue weighted by Gasteiger charge is -2.04. The van der Waals surface area contributed by atoms with E-state index in [1.54, 1.807) is 0 Å². The summed E-state index contributed by atoms with van der Waals surface area (Å²) in [5.41, 5.74) is 0. The van der Waals surface area contributed by atoms with Gasteiger partial charge >= 0.3 is 0 Å². The van der Waals surface area contributed by atoms with Gasteiger partial charge in [-0.25, -0.2) is 4.98 Å². The predicted octanol–water partition coefficient (Wildman–Crippen LogP) is 2.39. The van der Waals surface area contributed by atoms with E-state index in [0.717, 1.165) is 44.3 Å². The van der Waals surface area contributed by atoms with Crippen LogP contribution in [-0.2, 0) is 17.7 Å². The highest BCUT2D eigenvalue weighted by molar-refractivity contribution is 4.94. The first-order chi connectivity index (χ1) is 8.22. The second-order valence-corrected chi connectivity index (χ2v) is 4.55. The summed E-state index contributed by atoms with van der Waals surface area (Å²) in [6.07, 6.45) is 3.71. The molecular weight excluding hydrogens is 216 g/mol. The largest absolute Gasteiger partial charge is 0.444 e. The van der Waals surface area contributed by atoms with Crippen LogP contribution in [0.5, 0.6) is 0 Å². The molecule has 4 nitrogen and oxygen atoms in total. The molecule has 0 aliphatic heterocycles. The predicted molar refractivity (Wildman–Crippen MR) is 67.9 cm³/mol. The number of hydrogen-bond acceptors (Lipinski definition) is 4. The number of nitrogens with zero attached hydrogens (tertiary/aromatic N) is 1. The Balaban J connectivity index is 2.18. The van der Waals surface area contributed by atoms with Crippen molar-refractivity contribution in [1.29, 1.82) is 0 Å². The Hall–Kier alpha value is -0.870. The average molecular weight is 240 g/mol. The van der Waals surface area contributed by atoms with Crippen LogP contribution in [0.3, 0.4) is 0 Å². The van der Waals surface area contributed by atoms with E-state index in [-0.39, 0.29) is 0 Å². The van der Waals surface area contributed by atoms with Gasteiger partial charge in [-0.3, -0.25) is 0 Å². The second-order valence-electron chi connectivity index (χ2n) is 4.55. The second kappa shape index (κ2) is 8.25. The molecule has 0 saturated heterocycles. The molecule has 1 aromatic rings. The summed E-state index contributed by atoms with van der Waals surface area (Å²) < 4.78 is 10.9. The third-order valence-electron chi connectivity index (χ3n) is 2.35. The molecule has 0 aliphatic carbocycles. The summed E-state index contributed by atoms with van der Waals surface area (Å²) >= 11 is 0. The molecule has 0 unspecified atom stereocenters. The van der Waals surface area contributed by atoms with Gasteiger partial charge < -0.3 is 14.5 Å². The van der Waals surface area contributed by atoms with Crippen molar-refractivity contribution >= 4 is 0 Å². The number of rotatable bonds is 9. The summed E-state index contributed by atoms with van der Waals surface area (Å²) in [4.78, 5) is 4.24. The number of hydrogen-bond donors (Lipinski definition) is 1. The lowest BCUT2D eigenvalue weighted by Crippen LogP contribution is -2.19. The zero-order chi connectivity index (χ0) is 12.5. The van der Waals surface area contributed by atoms with E-state index in [1.807, 2.05) is 13.1 Å². The number of aromatic nitrogens is 1. The van der Waals surface area contributed by atoms with Crippen LogP contribution in [0, 0.1) is 5.92 Å². The first-order valence-electron chi connectivity index (χ1n) is 6.44. The van der Waals surface area contributed by atoms with Gasteiger partial charge in [-0.15, -0.1) is 0 Å². The van der Waals surface area contributed by atoms with E-state index in [4.69, 9.17) is 9.15 Å². The topological polar surface area (TPSA) is 47.3 Å². The van der Waals surface area contributed by atoms with Gasteiger partial charge in [0.1, 0.15) is 5.76 Å². The minimum Gasteiger partial charge on any atom is -0.444 e. The third-order valence-corrected chi connectivity index (χ3v) is 2.35. The smallest absolute Gasteiger partial charge is 0.208 e. The number of aryl methyl sites for hydroxylation is 1. The van der Waals surface area contributed by atoms with Crippen molar-refractivity contribution in [1.82, 2.24) is 10.3 Å². The van der Waals surface area contributed by atoms with Gasteiger partial charge in [-0.1, -0.05) is 13.8 Å². The van der Waals surface area contributed by atoms with E-state index in [0.29, 0.717) is 12.5 Å². The molecule has 0 fully saturated rings. The Morgan fingerprint density at radius 3 is 3.00 bits per heavy atom. The van der Waals surface area contributed by atoms with Crippen LogP contribution in [0.4, 0.5) is 0 Å². The Kier molecular flexibility index (Phi) is 6.89. The summed E-state index contributed by atoms with van der Waals surface area (Å²) in [5.74, 6) is 2.37. The number of ether oxygens (including phenoxy) is 1. The number of oxazole rings is 1. The fraction of sp³-hybridized carbons (Fsp3) is 0.769. The summed E-state index contributed by atoms with van der Waals surface area (Å²) in [6, 6.07) is 0. The first-order valence-corrected chi connectivity index (χ1v) is 6.44. The van der Waals surface area contributed by atoms with Crippen molar-refractivity contribution in [3.63, 3.8) is 0 Å². The van der Waals surface area contributed by atoms with Crippen LogP contribution in [0.2, 0.25) is 0 Å². The highest BCUT2D eigenvalue weighted by atomic mass is 16.5. The molecule has 4 heteroatoms. The van der Waals surface area contributed by atoms with Gasteiger partial charge in [0, 0.05) is 19.6 Å². The molecule has 17 heavy (non-hydrogen) atoms. The van der Waals surface area contributed by atoms with E-state index in [2.05, 4.69) is 24.1 Å². The van der Waals surface area contributed by atoms with Crippen molar-refractivity contribution in [2.75, 3.05) is 19.8 Å². The molecule has 0 atom stereocenters. The maximum absolute atomic E-state index is 5.62. The first kappa shape index (κ1) is 14.2. The van der Waals surface area contributed by atoms with Crippen molar-refractivity contribution in [3.8, 4) is 0 Å². The molecule has 0 bridgehead atoms. The molecule has 0 aliphatic rings. The summed E-state index contributed by atoms with van der Waals surface area (Å²) in [6.45, 7) is 9.64. The van der Waals surface area contributed by atoms with Crippen LogP contribution in [-0.4, -0.2) is 24.7 Å². The van der Waals surface area contributed by atoms with Crippen molar-refractivity contribution in [3.05, 3.63) is 17.8 Å². The van der Waals surface area contributed by atoms with E-state index >= 15 is 0 Å². The molecule has 1 heterocycles. The maximum Gasteiger partial charge on any atom is 0.208 e. The minimum atomic E-state index is 0.649. The lowest BCUT2D eigenvalue weighted by molar-refractivity contribution is 0.144. The van der Waals surface area contributed by atoms with Crippen LogP contribution in [0.15, 0.2) is 10.6 Å². The standard InChI is InChI=1S/C13H24N2O2/c1-4-16-7-5-6-12-9-15-13(17-12)10-14-8-11(2)3/h9,11,14H,4-8,10H2,1-3H3. The quantitative estimate of drug-likeness (QED) is 0.673. The molecule has 0 amide bonds. The van der Waals surface area contributed by atoms with Gasteiger partial charge in [-0.2, -0.15) is 0 Å². The average Bonchev–Trinajstić information content (AvgIpc) is 2.72. The fourth-order valence-corrected chi connectivity index (χ4v) is 1.51. The van der Waals surface area contributed by atoms with E-state index < -0.39 is 0 Å². The zero-order valence-corrected chi connectivity index (χ0v) is 11.2. The Morgan fingerprint density at radius 1 is 1.47 bits per heavy atom. The third kappa shape index (κ3) is 6.44. The van der Waals surface area contributed by atoms with Crippen molar-refractivity contribution < 1.29 is 9.15 Å². The highest BCUT2D eigenvalue weighted by Crippen LogP contribution is 2.06. The highest BCUT2D eigenvalue weighted by Gasteiger charge is 2.03. The van der Waals surface area contributed by atoms with Crippen molar-refractivity contribution in [2.45, 2.75) is 40.2 Å². The molecule has 0 radical (unpaired) electrons. The van der Waals surface area contributed by atoms with Gasteiger partial charge in [0.05, 0.1) is 12.7 Å². The minimum absolute atomic E-state index is 0.649. The Bertz CT molecular complexity index is 297. The Morgan fingerprint density at radius 2 is 2.29 bits per heavy atom. The molecule has 1 N–H and O–H groups in total. The van der Waals surface area contributed by atoms with Crippen LogP contribution < -0.4 is 5.32 Å². The SMILES string of the molecule is CCOCCCc1cnc(CNCC(C)C)o1. The fourth-order valence-electron chi connectivity index (χ4n) is 1.51. The molecular formula is C13H24N2O2. The number of nitrogens with one attached hydrogen (secondary N) is 1. The monoisotopic (exact) mass is 240 g/mol. The van der Waals surface area contributed by atoms with E-state index in [9.17, 15) is 0 Å². The summed E-state index contributed by atoms with van der Waals surface area (Å²) in [7, 11) is 0. The maximum atomic E-state index is 5.62. The molecule has 0 saturated carbocycles. The van der Waals surface area contributed by atoms with Crippen LogP contribution in [0.25, 0.3) is 0 Å². The van der Waals surface area contributed by atoms with Gasteiger partial charge in [0.25, 0.3) is 0 Å². The van der Waals surface area contributed by atoms with Crippen molar-refractivity contribution in [2.24, 2.45) is 5.92 Å². The normalized spacial score (nSPS) is 11.3. The van der Waals surface area contributed by atoms with Gasteiger partial charge in [0.2, 0.25) is 5.89 Å². The van der Waals surface area contributed by atoms with Gasteiger partial charge in [0.15, 0.2) is 0 Å². The van der Waals surface area contributed by atoms with Crippen LogP contribution >= 0.6 is 0 Å². The lowest BCUT2D eigenvalue weighted by atomic mass is 10.2. The van der Waals surface area contributed by atoms with Gasteiger partial charge in [-0.05, 0) is 25.8 Å². The van der Waals surface area contributed by atoms with Crippen LogP contribution in [0.1, 0.15) is 38.8 Å². The molecule has 0 aromatic carbocycles. The van der Waals surface area contributed by atoms with E-state index in [1.165, 1.54) is 0 Å². The zero-order valence-electron chi connectivity index (χ0n) is 11.2. The molecule has 98 valence electrons.